The molecule has 1 amide bonds. The van der Waals surface area contributed by atoms with Gasteiger partial charge in [0.1, 0.15) is 5.82 Å². The van der Waals surface area contributed by atoms with Crippen LogP contribution in [-0.2, 0) is 17.8 Å². The van der Waals surface area contributed by atoms with E-state index in [1.165, 1.54) is 6.07 Å². The van der Waals surface area contributed by atoms with E-state index in [0.717, 1.165) is 36.2 Å². The smallest absolute Gasteiger partial charge is 0.239 e. The molecule has 0 saturated heterocycles. The Morgan fingerprint density at radius 3 is 2.78 bits per heavy atom. The summed E-state index contributed by atoms with van der Waals surface area (Å²) in [5.74, 6) is -0.269. The summed E-state index contributed by atoms with van der Waals surface area (Å²) in [4.78, 5) is 14.2. The van der Waals surface area contributed by atoms with Gasteiger partial charge in [-0.25, -0.2) is 4.39 Å². The maximum absolute atomic E-state index is 13.3. The molecule has 0 fully saturated rings. The molecular weight excluding hydrogens is 315 g/mol. The SMILES string of the molecule is O=C(CN1CCCc2cc(F)ccc21)NCc1ccc(Cl)cc1. The van der Waals surface area contributed by atoms with E-state index in [0.29, 0.717) is 11.6 Å². The number of carbonyl (C=O) groups excluding carboxylic acids is 1. The van der Waals surface area contributed by atoms with E-state index >= 15 is 0 Å². The number of hydrogen-bond donors (Lipinski definition) is 1. The molecule has 0 radical (unpaired) electrons. The summed E-state index contributed by atoms with van der Waals surface area (Å²) in [6, 6.07) is 12.2. The van der Waals surface area contributed by atoms with Gasteiger partial charge in [0.25, 0.3) is 0 Å². The van der Waals surface area contributed by atoms with Crippen LogP contribution < -0.4 is 10.2 Å². The molecule has 0 saturated carbocycles. The Kier molecular flexibility index (Phi) is 4.82. The van der Waals surface area contributed by atoms with Crippen molar-refractivity contribution in [2.45, 2.75) is 19.4 Å². The molecule has 0 aromatic heterocycles. The van der Waals surface area contributed by atoms with Gasteiger partial charge in [0, 0.05) is 23.8 Å². The van der Waals surface area contributed by atoms with Gasteiger partial charge in [0.05, 0.1) is 6.54 Å². The van der Waals surface area contributed by atoms with Crippen LogP contribution in [0.1, 0.15) is 17.5 Å². The lowest BCUT2D eigenvalue weighted by Gasteiger charge is -2.30. The van der Waals surface area contributed by atoms with E-state index in [9.17, 15) is 9.18 Å². The molecule has 23 heavy (non-hydrogen) atoms. The van der Waals surface area contributed by atoms with E-state index in [1.807, 2.05) is 17.0 Å². The minimum atomic E-state index is -0.224. The van der Waals surface area contributed by atoms with Gasteiger partial charge in [0.15, 0.2) is 0 Å². The quantitative estimate of drug-likeness (QED) is 0.928. The van der Waals surface area contributed by atoms with Crippen LogP contribution in [0.2, 0.25) is 5.02 Å². The van der Waals surface area contributed by atoms with Gasteiger partial charge in [0.2, 0.25) is 5.91 Å². The van der Waals surface area contributed by atoms with E-state index in [2.05, 4.69) is 5.32 Å². The Morgan fingerprint density at radius 2 is 2.00 bits per heavy atom. The van der Waals surface area contributed by atoms with Crippen LogP contribution in [0.5, 0.6) is 0 Å². The number of rotatable bonds is 4. The fourth-order valence-corrected chi connectivity index (χ4v) is 2.97. The monoisotopic (exact) mass is 332 g/mol. The zero-order chi connectivity index (χ0) is 16.2. The highest BCUT2D eigenvalue weighted by Crippen LogP contribution is 2.27. The molecule has 0 bridgehead atoms. The summed E-state index contributed by atoms with van der Waals surface area (Å²) in [7, 11) is 0. The highest BCUT2D eigenvalue weighted by atomic mass is 35.5. The van der Waals surface area contributed by atoms with E-state index in [-0.39, 0.29) is 18.3 Å². The van der Waals surface area contributed by atoms with E-state index in [1.54, 1.807) is 24.3 Å². The summed E-state index contributed by atoms with van der Waals surface area (Å²) in [6.07, 6.45) is 1.79. The van der Waals surface area contributed by atoms with Crippen molar-refractivity contribution in [3.05, 3.63) is 64.4 Å². The molecule has 0 unspecified atom stereocenters. The molecule has 1 aliphatic heterocycles. The van der Waals surface area contributed by atoms with Gasteiger partial charge in [-0.2, -0.15) is 0 Å². The average molecular weight is 333 g/mol. The van der Waals surface area contributed by atoms with Crippen LogP contribution in [0.4, 0.5) is 10.1 Å². The Balaban J connectivity index is 1.59. The molecule has 3 rings (SSSR count). The first-order chi connectivity index (χ1) is 11.1. The second-order valence-corrected chi connectivity index (χ2v) is 6.14. The number of carbonyl (C=O) groups is 1. The minimum absolute atomic E-state index is 0.0443. The molecule has 120 valence electrons. The van der Waals surface area contributed by atoms with Crippen molar-refractivity contribution in [3.63, 3.8) is 0 Å². The fraction of sp³-hybridized carbons (Fsp3) is 0.278. The van der Waals surface area contributed by atoms with E-state index in [4.69, 9.17) is 11.6 Å². The number of halogens is 2. The van der Waals surface area contributed by atoms with Crippen LogP contribution >= 0.6 is 11.6 Å². The number of amides is 1. The lowest BCUT2D eigenvalue weighted by atomic mass is 10.0. The Labute approximate surface area is 140 Å². The lowest BCUT2D eigenvalue weighted by Crippen LogP contribution is -2.39. The van der Waals surface area contributed by atoms with Crippen LogP contribution in [0, 0.1) is 5.82 Å². The topological polar surface area (TPSA) is 32.3 Å². The van der Waals surface area contributed by atoms with Gasteiger partial charge in [-0.15, -0.1) is 0 Å². The summed E-state index contributed by atoms with van der Waals surface area (Å²) in [5.41, 5.74) is 2.94. The molecule has 0 spiro atoms. The summed E-state index contributed by atoms with van der Waals surface area (Å²) < 4.78 is 13.3. The molecule has 1 N–H and O–H groups in total. The van der Waals surface area contributed by atoms with Gasteiger partial charge in [-0.1, -0.05) is 23.7 Å². The maximum Gasteiger partial charge on any atom is 0.239 e. The minimum Gasteiger partial charge on any atom is -0.362 e. The third kappa shape index (κ3) is 4.02. The fourth-order valence-electron chi connectivity index (χ4n) is 2.84. The van der Waals surface area contributed by atoms with Crippen molar-refractivity contribution in [1.29, 1.82) is 0 Å². The van der Waals surface area contributed by atoms with Gasteiger partial charge >= 0.3 is 0 Å². The Bertz CT molecular complexity index is 703. The average Bonchev–Trinajstić information content (AvgIpc) is 2.54. The highest BCUT2D eigenvalue weighted by Gasteiger charge is 2.19. The van der Waals surface area contributed by atoms with Gasteiger partial charge < -0.3 is 10.2 Å². The van der Waals surface area contributed by atoms with Crippen LogP contribution in [0.15, 0.2) is 42.5 Å². The number of hydrogen-bond acceptors (Lipinski definition) is 2. The predicted octanol–water partition coefficient (Wildman–Crippen LogP) is 3.55. The highest BCUT2D eigenvalue weighted by molar-refractivity contribution is 6.30. The third-order valence-corrected chi connectivity index (χ3v) is 4.25. The maximum atomic E-state index is 13.3. The number of aryl methyl sites for hydroxylation is 1. The second-order valence-electron chi connectivity index (χ2n) is 5.70. The van der Waals surface area contributed by atoms with Crippen molar-refractivity contribution in [2.75, 3.05) is 18.0 Å². The van der Waals surface area contributed by atoms with Crippen LogP contribution in [0.3, 0.4) is 0 Å². The number of benzene rings is 2. The zero-order valence-corrected chi connectivity index (χ0v) is 13.4. The predicted molar refractivity (Wildman–Crippen MR) is 90.2 cm³/mol. The number of nitrogens with one attached hydrogen (secondary N) is 1. The zero-order valence-electron chi connectivity index (χ0n) is 12.7. The van der Waals surface area contributed by atoms with Crippen molar-refractivity contribution in [3.8, 4) is 0 Å². The number of anilines is 1. The van der Waals surface area contributed by atoms with Crippen molar-refractivity contribution in [2.24, 2.45) is 0 Å². The van der Waals surface area contributed by atoms with Crippen LogP contribution in [-0.4, -0.2) is 19.0 Å². The van der Waals surface area contributed by atoms with Crippen molar-refractivity contribution in [1.82, 2.24) is 5.32 Å². The number of fused-ring (bicyclic) bond motifs is 1. The van der Waals surface area contributed by atoms with Gasteiger partial charge in [-0.05, 0) is 54.3 Å². The number of nitrogens with zero attached hydrogens (tertiary/aromatic N) is 1. The second kappa shape index (κ2) is 7.01. The molecule has 0 aliphatic carbocycles. The summed E-state index contributed by atoms with van der Waals surface area (Å²) in [6.45, 7) is 1.57. The molecule has 1 heterocycles. The Morgan fingerprint density at radius 1 is 1.22 bits per heavy atom. The molecule has 0 atom stereocenters. The molecule has 3 nitrogen and oxygen atoms in total. The molecule has 5 heteroatoms. The Hall–Kier alpha value is -2.07. The van der Waals surface area contributed by atoms with Crippen molar-refractivity contribution >= 4 is 23.2 Å². The van der Waals surface area contributed by atoms with Gasteiger partial charge in [-0.3, -0.25) is 4.79 Å². The molecule has 2 aromatic carbocycles. The first-order valence-corrected chi connectivity index (χ1v) is 8.04. The van der Waals surface area contributed by atoms with E-state index < -0.39 is 0 Å². The molecule has 2 aromatic rings. The standard InChI is InChI=1S/C18H18ClFN2O/c19-15-5-3-13(4-6-15)11-21-18(23)12-22-9-1-2-14-10-16(20)7-8-17(14)22/h3-8,10H,1-2,9,11-12H2,(H,21,23). The largest absolute Gasteiger partial charge is 0.362 e. The molecular formula is C18H18ClFN2O. The first-order valence-electron chi connectivity index (χ1n) is 7.66. The first kappa shape index (κ1) is 15.8. The summed E-state index contributed by atoms with van der Waals surface area (Å²) in [5, 5.41) is 3.59. The molecule has 1 aliphatic rings. The van der Waals surface area contributed by atoms with Crippen LogP contribution in [0.25, 0.3) is 0 Å². The van der Waals surface area contributed by atoms with Crippen molar-refractivity contribution < 1.29 is 9.18 Å². The normalized spacial score (nSPS) is 13.6. The summed E-state index contributed by atoms with van der Waals surface area (Å²) >= 11 is 5.84. The lowest BCUT2D eigenvalue weighted by molar-refractivity contribution is -0.119. The third-order valence-electron chi connectivity index (χ3n) is 3.99.